The molecule has 1 heterocycles. The maximum absolute atomic E-state index is 15.6. The van der Waals surface area contributed by atoms with Crippen molar-refractivity contribution in [2.24, 2.45) is 5.41 Å². The summed E-state index contributed by atoms with van der Waals surface area (Å²) < 4.78 is 47.5. The van der Waals surface area contributed by atoms with Gasteiger partial charge in [0.05, 0.1) is 12.3 Å². The first kappa shape index (κ1) is 27.2. The van der Waals surface area contributed by atoms with Crippen LogP contribution in [0.2, 0.25) is 0 Å². The summed E-state index contributed by atoms with van der Waals surface area (Å²) in [4.78, 5) is 24.3. The number of aliphatic hydroxyl groups excluding tert-OH is 1. The van der Waals surface area contributed by atoms with Gasteiger partial charge >= 0.3 is 12.6 Å². The van der Waals surface area contributed by atoms with E-state index in [1.165, 1.54) is 16.7 Å². The number of halogens is 3. The SMILES string of the molecule is CC/C(=C\c1c(C)cccc1OC(F)F)c1c(F)c(=O)c(C(=O)O)cn1C(CC)C(C)(C)CO. The average molecular weight is 482 g/mol. The molecule has 186 valence electrons. The van der Waals surface area contributed by atoms with E-state index < -0.39 is 40.8 Å². The van der Waals surface area contributed by atoms with E-state index >= 15 is 4.39 Å². The number of carboxylic acid groups (broad SMARTS) is 1. The molecule has 1 atom stereocenters. The number of alkyl halides is 2. The van der Waals surface area contributed by atoms with Crippen LogP contribution in [0, 0.1) is 18.2 Å². The van der Waals surface area contributed by atoms with Gasteiger partial charge in [-0.2, -0.15) is 8.78 Å². The number of aromatic nitrogens is 1. The topological polar surface area (TPSA) is 88.8 Å². The molecule has 0 saturated heterocycles. The molecule has 0 aliphatic rings. The first-order valence-electron chi connectivity index (χ1n) is 10.9. The van der Waals surface area contributed by atoms with Gasteiger partial charge in [0.2, 0.25) is 5.43 Å². The molecule has 1 aromatic carbocycles. The molecule has 1 aromatic heterocycles. The summed E-state index contributed by atoms with van der Waals surface area (Å²) in [5.41, 5.74) is -1.81. The van der Waals surface area contributed by atoms with Crippen molar-refractivity contribution < 1.29 is 32.9 Å². The van der Waals surface area contributed by atoms with Crippen molar-refractivity contribution in [1.82, 2.24) is 4.57 Å². The van der Waals surface area contributed by atoms with Gasteiger partial charge in [0, 0.05) is 23.2 Å². The number of aryl methyl sites for hydroxylation is 1. The Morgan fingerprint density at radius 2 is 1.91 bits per heavy atom. The Hall–Kier alpha value is -3.07. The second-order valence-electron chi connectivity index (χ2n) is 8.71. The zero-order chi connectivity index (χ0) is 25.8. The fraction of sp³-hybridized carbons (Fsp3) is 0.440. The summed E-state index contributed by atoms with van der Waals surface area (Å²) in [6.45, 7) is 5.31. The second kappa shape index (κ2) is 10.9. The van der Waals surface area contributed by atoms with Gasteiger partial charge in [-0.15, -0.1) is 0 Å². The molecule has 6 nitrogen and oxygen atoms in total. The van der Waals surface area contributed by atoms with Gasteiger partial charge in [0.1, 0.15) is 11.3 Å². The number of carbonyl (C=O) groups is 1. The highest BCUT2D eigenvalue weighted by Gasteiger charge is 2.33. The number of aromatic carboxylic acids is 1. The summed E-state index contributed by atoms with van der Waals surface area (Å²) in [6.07, 6.45) is 3.15. The van der Waals surface area contributed by atoms with Crippen molar-refractivity contribution in [1.29, 1.82) is 0 Å². The lowest BCUT2D eigenvalue weighted by Gasteiger charge is -2.36. The van der Waals surface area contributed by atoms with E-state index in [4.69, 9.17) is 0 Å². The number of benzene rings is 1. The predicted molar refractivity (Wildman–Crippen MR) is 124 cm³/mol. The summed E-state index contributed by atoms with van der Waals surface area (Å²) in [5.74, 6) is -2.94. The van der Waals surface area contributed by atoms with Crippen molar-refractivity contribution in [2.45, 2.75) is 60.1 Å². The highest BCUT2D eigenvalue weighted by molar-refractivity contribution is 5.88. The summed E-state index contributed by atoms with van der Waals surface area (Å²) >= 11 is 0. The molecule has 0 aliphatic carbocycles. The Labute approximate surface area is 196 Å². The third-order valence-corrected chi connectivity index (χ3v) is 5.94. The third kappa shape index (κ3) is 5.52. The van der Waals surface area contributed by atoms with E-state index in [0.29, 0.717) is 12.0 Å². The van der Waals surface area contributed by atoms with Crippen LogP contribution < -0.4 is 10.2 Å². The van der Waals surface area contributed by atoms with Gasteiger partial charge in [0.25, 0.3) is 0 Å². The van der Waals surface area contributed by atoms with E-state index in [2.05, 4.69) is 4.74 Å². The molecule has 1 unspecified atom stereocenters. The van der Waals surface area contributed by atoms with Crippen LogP contribution in [-0.2, 0) is 0 Å². The minimum absolute atomic E-state index is 0.111. The lowest BCUT2D eigenvalue weighted by atomic mass is 9.82. The molecule has 0 bridgehead atoms. The molecule has 2 N–H and O–H groups in total. The lowest BCUT2D eigenvalue weighted by molar-refractivity contribution is -0.0500. The van der Waals surface area contributed by atoms with E-state index in [9.17, 15) is 28.6 Å². The van der Waals surface area contributed by atoms with Gasteiger partial charge in [-0.1, -0.05) is 39.8 Å². The van der Waals surface area contributed by atoms with Crippen LogP contribution in [0.25, 0.3) is 11.6 Å². The highest BCUT2D eigenvalue weighted by Crippen LogP contribution is 2.38. The smallest absolute Gasteiger partial charge is 0.387 e. The van der Waals surface area contributed by atoms with Crippen LogP contribution in [0.5, 0.6) is 5.75 Å². The Morgan fingerprint density at radius 3 is 2.41 bits per heavy atom. The Kier molecular flexibility index (Phi) is 8.72. The molecule has 0 amide bonds. The van der Waals surface area contributed by atoms with Crippen LogP contribution in [0.3, 0.4) is 0 Å². The molecular formula is C25H30F3NO5. The Balaban J connectivity index is 2.95. The zero-order valence-corrected chi connectivity index (χ0v) is 19.9. The van der Waals surface area contributed by atoms with Gasteiger partial charge < -0.3 is 19.5 Å². The summed E-state index contributed by atoms with van der Waals surface area (Å²) in [5, 5.41) is 19.4. The largest absolute Gasteiger partial charge is 0.477 e. The molecule has 0 radical (unpaired) electrons. The molecule has 2 aromatic rings. The molecular weight excluding hydrogens is 451 g/mol. The Morgan fingerprint density at radius 1 is 1.26 bits per heavy atom. The second-order valence-corrected chi connectivity index (χ2v) is 8.71. The molecule has 0 fully saturated rings. The number of carboxylic acids is 1. The third-order valence-electron chi connectivity index (χ3n) is 5.94. The minimum atomic E-state index is -3.07. The van der Waals surface area contributed by atoms with Crippen LogP contribution in [-0.4, -0.2) is 34.0 Å². The molecule has 2 rings (SSSR count). The fourth-order valence-corrected chi connectivity index (χ4v) is 4.09. The quantitative estimate of drug-likeness (QED) is 0.467. The zero-order valence-electron chi connectivity index (χ0n) is 19.9. The van der Waals surface area contributed by atoms with Crippen LogP contribution in [0.1, 0.15) is 73.8 Å². The highest BCUT2D eigenvalue weighted by atomic mass is 19.3. The van der Waals surface area contributed by atoms with E-state index in [1.54, 1.807) is 46.8 Å². The average Bonchev–Trinajstić information content (AvgIpc) is 2.76. The molecule has 0 aliphatic heterocycles. The predicted octanol–water partition coefficient (Wildman–Crippen LogP) is 5.52. The number of hydrogen-bond acceptors (Lipinski definition) is 4. The van der Waals surface area contributed by atoms with E-state index in [1.807, 2.05) is 0 Å². The normalized spacial score (nSPS) is 13.3. The number of hydrogen-bond donors (Lipinski definition) is 2. The van der Waals surface area contributed by atoms with Crippen molar-refractivity contribution in [3.05, 3.63) is 62.8 Å². The monoisotopic (exact) mass is 481 g/mol. The first-order chi connectivity index (χ1) is 15.9. The van der Waals surface area contributed by atoms with E-state index in [-0.39, 0.29) is 35.6 Å². The molecule has 34 heavy (non-hydrogen) atoms. The molecule has 0 saturated carbocycles. The fourth-order valence-electron chi connectivity index (χ4n) is 4.09. The molecule has 0 spiro atoms. The number of rotatable bonds is 10. The number of ether oxygens (including phenoxy) is 1. The van der Waals surface area contributed by atoms with Crippen molar-refractivity contribution in [3.8, 4) is 5.75 Å². The lowest BCUT2D eigenvalue weighted by Crippen LogP contribution is -2.34. The number of pyridine rings is 1. The van der Waals surface area contributed by atoms with Crippen LogP contribution >= 0.6 is 0 Å². The number of nitrogens with zero attached hydrogens (tertiary/aromatic N) is 1. The maximum Gasteiger partial charge on any atom is 0.387 e. The Bertz CT molecular complexity index is 1140. The first-order valence-corrected chi connectivity index (χ1v) is 10.9. The maximum atomic E-state index is 15.6. The van der Waals surface area contributed by atoms with Crippen molar-refractivity contribution >= 4 is 17.6 Å². The van der Waals surface area contributed by atoms with Gasteiger partial charge in [-0.25, -0.2) is 9.18 Å². The van der Waals surface area contributed by atoms with Gasteiger partial charge in [-0.05, 0) is 43.0 Å². The molecule has 9 heteroatoms. The minimum Gasteiger partial charge on any atom is -0.477 e. The van der Waals surface area contributed by atoms with Crippen LogP contribution in [0.4, 0.5) is 13.2 Å². The van der Waals surface area contributed by atoms with Crippen LogP contribution in [0.15, 0.2) is 29.2 Å². The number of aliphatic hydroxyl groups is 1. The number of allylic oxidation sites excluding steroid dienone is 1. The summed E-state index contributed by atoms with van der Waals surface area (Å²) in [7, 11) is 0. The van der Waals surface area contributed by atoms with Crippen molar-refractivity contribution in [2.75, 3.05) is 6.61 Å². The van der Waals surface area contributed by atoms with E-state index in [0.717, 1.165) is 6.20 Å². The van der Waals surface area contributed by atoms with Gasteiger partial charge in [0.15, 0.2) is 5.82 Å². The summed E-state index contributed by atoms with van der Waals surface area (Å²) in [6, 6.07) is 4.01. The van der Waals surface area contributed by atoms with Gasteiger partial charge in [-0.3, -0.25) is 4.79 Å². The standard InChI is InChI=1S/C25H30F3NO5/c1-6-15(11-16-14(3)9-8-10-18(16)34-24(27)28)21-20(26)22(31)17(23(32)33)12-29(21)19(7-2)25(4,5)13-30/h8-12,19,24,30H,6-7,13H2,1-5H3,(H,32,33)/b15-11+. The van der Waals surface area contributed by atoms with Crippen molar-refractivity contribution in [3.63, 3.8) is 0 Å².